The Labute approximate surface area is 201 Å². The molecule has 7 nitrogen and oxygen atoms in total. The van der Waals surface area contributed by atoms with Crippen LogP contribution in [0.5, 0.6) is 11.5 Å². The lowest BCUT2D eigenvalue weighted by molar-refractivity contribution is -0.132. The molecular formula is C27H23FN2O5. The minimum atomic E-state index is -1.16. The topological polar surface area (TPSA) is 79.3 Å². The van der Waals surface area contributed by atoms with E-state index in [-0.39, 0.29) is 16.9 Å². The van der Waals surface area contributed by atoms with Gasteiger partial charge in [0, 0.05) is 23.9 Å². The molecule has 2 aliphatic heterocycles. The Balaban J connectivity index is 1.70. The number of anilines is 2. The molecule has 3 aromatic rings. The maximum absolute atomic E-state index is 15.0. The van der Waals surface area contributed by atoms with Crippen LogP contribution in [0.1, 0.15) is 17.2 Å². The van der Waals surface area contributed by atoms with E-state index in [4.69, 9.17) is 9.47 Å². The van der Waals surface area contributed by atoms with Crippen LogP contribution in [0.25, 0.3) is 5.76 Å². The summed E-state index contributed by atoms with van der Waals surface area (Å²) in [7, 11) is 3.41. The van der Waals surface area contributed by atoms with Crippen molar-refractivity contribution in [1.82, 2.24) is 0 Å². The van der Waals surface area contributed by atoms with Gasteiger partial charge in [0.25, 0.3) is 11.7 Å². The lowest BCUT2D eigenvalue weighted by Crippen LogP contribution is -2.29. The van der Waals surface area contributed by atoms with Crippen molar-refractivity contribution in [2.75, 3.05) is 37.1 Å². The first-order valence-corrected chi connectivity index (χ1v) is 11.1. The number of rotatable bonds is 4. The minimum absolute atomic E-state index is 0.0995. The molecule has 1 fully saturated rings. The summed E-state index contributed by atoms with van der Waals surface area (Å²) < 4.78 is 25.9. The molecule has 3 aromatic carbocycles. The van der Waals surface area contributed by atoms with Gasteiger partial charge >= 0.3 is 0 Å². The van der Waals surface area contributed by atoms with Crippen LogP contribution in [-0.4, -0.2) is 44.1 Å². The Morgan fingerprint density at radius 1 is 1.09 bits per heavy atom. The van der Waals surface area contributed by atoms with Crippen molar-refractivity contribution in [2.24, 2.45) is 0 Å². The third-order valence-electron chi connectivity index (χ3n) is 6.32. The number of fused-ring (bicyclic) bond motifs is 1. The van der Waals surface area contributed by atoms with E-state index in [1.165, 1.54) is 30.2 Å². The highest BCUT2D eigenvalue weighted by Crippen LogP contribution is 2.44. The molecule has 1 atom stereocenters. The van der Waals surface area contributed by atoms with Gasteiger partial charge in [-0.3, -0.25) is 14.5 Å². The third-order valence-corrected chi connectivity index (χ3v) is 6.32. The second kappa shape index (κ2) is 8.79. The Morgan fingerprint density at radius 3 is 2.54 bits per heavy atom. The van der Waals surface area contributed by atoms with E-state index in [0.717, 1.165) is 5.69 Å². The molecule has 2 aliphatic rings. The predicted molar refractivity (Wildman–Crippen MR) is 129 cm³/mol. The average molecular weight is 474 g/mol. The average Bonchev–Trinajstić information content (AvgIpc) is 3.14. The van der Waals surface area contributed by atoms with E-state index in [9.17, 15) is 14.7 Å². The van der Waals surface area contributed by atoms with Gasteiger partial charge in [0.1, 0.15) is 29.7 Å². The Morgan fingerprint density at radius 2 is 1.83 bits per heavy atom. The van der Waals surface area contributed by atoms with Gasteiger partial charge < -0.3 is 19.5 Å². The fourth-order valence-corrected chi connectivity index (χ4v) is 4.49. The molecule has 2 heterocycles. The van der Waals surface area contributed by atoms with Crippen LogP contribution < -0.4 is 19.3 Å². The number of amides is 1. The quantitative estimate of drug-likeness (QED) is 0.345. The van der Waals surface area contributed by atoms with Gasteiger partial charge in [0.15, 0.2) is 0 Å². The predicted octanol–water partition coefficient (Wildman–Crippen LogP) is 4.29. The first-order chi connectivity index (χ1) is 16.9. The molecule has 0 bridgehead atoms. The number of halogens is 1. The fraction of sp³-hybridized carbons (Fsp3) is 0.185. The number of carbonyl (C=O) groups excluding carboxylic acids is 2. The van der Waals surface area contributed by atoms with Gasteiger partial charge in [-0.05, 0) is 48.5 Å². The van der Waals surface area contributed by atoms with E-state index in [1.807, 2.05) is 11.9 Å². The maximum Gasteiger partial charge on any atom is 0.300 e. The molecule has 1 amide bonds. The summed E-state index contributed by atoms with van der Waals surface area (Å²) in [5.41, 5.74) is 1.36. The molecule has 5 rings (SSSR count). The highest BCUT2D eigenvalue weighted by molar-refractivity contribution is 6.51. The van der Waals surface area contributed by atoms with E-state index < -0.39 is 23.5 Å². The van der Waals surface area contributed by atoms with Gasteiger partial charge in [-0.1, -0.05) is 18.2 Å². The molecule has 1 saturated heterocycles. The summed E-state index contributed by atoms with van der Waals surface area (Å²) in [6.07, 6.45) is 0. The van der Waals surface area contributed by atoms with Gasteiger partial charge in [0.2, 0.25) is 0 Å². The summed E-state index contributed by atoms with van der Waals surface area (Å²) >= 11 is 0. The second-order valence-electron chi connectivity index (χ2n) is 8.34. The van der Waals surface area contributed by atoms with E-state index in [1.54, 1.807) is 48.5 Å². The molecule has 178 valence electrons. The molecule has 1 unspecified atom stereocenters. The summed E-state index contributed by atoms with van der Waals surface area (Å²) in [5.74, 6) is -1.51. The van der Waals surface area contributed by atoms with Gasteiger partial charge in [-0.25, -0.2) is 4.39 Å². The number of aliphatic hydroxyl groups is 1. The Kier molecular flexibility index (Phi) is 5.64. The van der Waals surface area contributed by atoms with Crippen LogP contribution in [0.15, 0.2) is 72.3 Å². The largest absolute Gasteiger partial charge is 0.507 e. The third kappa shape index (κ3) is 3.77. The molecule has 8 heteroatoms. The van der Waals surface area contributed by atoms with Gasteiger partial charge in [0.05, 0.1) is 31.0 Å². The number of aliphatic hydroxyl groups excluding tert-OH is 1. The molecular weight excluding hydrogens is 451 g/mol. The number of benzene rings is 3. The molecule has 1 N–H and O–H groups in total. The first-order valence-electron chi connectivity index (χ1n) is 11.1. The van der Waals surface area contributed by atoms with Crippen molar-refractivity contribution in [2.45, 2.75) is 6.04 Å². The van der Waals surface area contributed by atoms with Crippen LogP contribution in [0.3, 0.4) is 0 Å². The molecule has 0 aliphatic carbocycles. The van der Waals surface area contributed by atoms with Crippen molar-refractivity contribution in [3.8, 4) is 11.5 Å². The Hall–Kier alpha value is -4.33. The normalized spacial score (nSPS) is 18.9. The minimum Gasteiger partial charge on any atom is -0.507 e. The molecule has 0 radical (unpaired) electrons. The zero-order valence-electron chi connectivity index (χ0n) is 19.2. The number of nitrogens with zero attached hydrogens (tertiary/aromatic N) is 2. The number of ketones is 1. The van der Waals surface area contributed by atoms with E-state index in [2.05, 4.69) is 0 Å². The summed E-state index contributed by atoms with van der Waals surface area (Å²) in [6, 6.07) is 16.3. The highest BCUT2D eigenvalue weighted by atomic mass is 19.1. The van der Waals surface area contributed by atoms with Crippen molar-refractivity contribution in [1.29, 1.82) is 0 Å². The molecule has 0 spiro atoms. The van der Waals surface area contributed by atoms with Crippen molar-refractivity contribution < 1.29 is 28.6 Å². The van der Waals surface area contributed by atoms with Crippen molar-refractivity contribution >= 4 is 28.8 Å². The first kappa shape index (κ1) is 22.5. The number of ether oxygens (including phenoxy) is 2. The number of hydrogen-bond donors (Lipinski definition) is 1. The van der Waals surface area contributed by atoms with Gasteiger partial charge in [-0.2, -0.15) is 0 Å². The zero-order valence-corrected chi connectivity index (χ0v) is 19.2. The van der Waals surface area contributed by atoms with Gasteiger partial charge in [-0.15, -0.1) is 0 Å². The standard InChI is InChI=1S/C27H23FN2O5/c1-29-13-14-35-22-12-7-16(15-21(22)29)25(31)23-24(19-5-3-4-6-20(19)28)30(27(33)26(23)32)17-8-10-18(34-2)11-9-17/h3-12,15,24,31H,13-14H2,1-2H3/b25-23+. The Bertz CT molecular complexity index is 1350. The maximum atomic E-state index is 15.0. The summed E-state index contributed by atoms with van der Waals surface area (Å²) in [6.45, 7) is 1.20. The number of carbonyl (C=O) groups is 2. The lowest BCUT2D eigenvalue weighted by atomic mass is 9.94. The second-order valence-corrected chi connectivity index (χ2v) is 8.34. The smallest absolute Gasteiger partial charge is 0.300 e. The van der Waals surface area contributed by atoms with E-state index in [0.29, 0.717) is 35.9 Å². The highest BCUT2D eigenvalue weighted by Gasteiger charge is 2.47. The van der Waals surface area contributed by atoms with Crippen LogP contribution >= 0.6 is 0 Å². The lowest BCUT2D eigenvalue weighted by Gasteiger charge is -2.28. The fourth-order valence-electron chi connectivity index (χ4n) is 4.49. The summed E-state index contributed by atoms with van der Waals surface area (Å²) in [5, 5.41) is 11.3. The molecule has 0 saturated carbocycles. The number of methoxy groups -OCH3 is 1. The summed E-state index contributed by atoms with van der Waals surface area (Å²) in [4.78, 5) is 29.7. The SMILES string of the molecule is COc1ccc(N2C(=O)C(=O)/C(=C(/O)c3ccc4c(c3)N(C)CCO4)C2c2ccccc2F)cc1. The zero-order chi connectivity index (χ0) is 24.7. The number of Topliss-reactive ketones (excluding diaryl/α,β-unsaturated/α-hetero) is 1. The van der Waals surface area contributed by atoms with Crippen LogP contribution in [-0.2, 0) is 9.59 Å². The van der Waals surface area contributed by atoms with Crippen LogP contribution in [0, 0.1) is 5.82 Å². The van der Waals surface area contributed by atoms with Crippen molar-refractivity contribution in [3.63, 3.8) is 0 Å². The van der Waals surface area contributed by atoms with E-state index >= 15 is 4.39 Å². The van der Waals surface area contributed by atoms with Crippen LogP contribution in [0.2, 0.25) is 0 Å². The van der Waals surface area contributed by atoms with Crippen molar-refractivity contribution in [3.05, 3.63) is 89.2 Å². The monoisotopic (exact) mass is 474 g/mol. The number of hydrogen-bond acceptors (Lipinski definition) is 6. The molecule has 0 aromatic heterocycles. The van der Waals surface area contributed by atoms with Crippen LogP contribution in [0.4, 0.5) is 15.8 Å². The molecule has 35 heavy (non-hydrogen) atoms. The number of likely N-dealkylation sites (N-methyl/N-ethyl adjacent to an activating group) is 1.